The first-order valence-corrected chi connectivity index (χ1v) is 6.49. The lowest BCUT2D eigenvalue weighted by molar-refractivity contribution is -0.129. The van der Waals surface area contributed by atoms with E-state index in [-0.39, 0.29) is 16.5 Å². The second-order valence-corrected chi connectivity index (χ2v) is 4.90. The number of anilines is 1. The standard InChI is InChI=1S/C11H14N2O4S/c1-6-8(11(15)16)10(18-13-6)12-9(14)7-4-2-3-5-17-7/h7H,2-5H2,1H3,(H,12,14)(H,15,16). The van der Waals surface area contributed by atoms with Crippen LogP contribution in [0.5, 0.6) is 0 Å². The largest absolute Gasteiger partial charge is 0.478 e. The molecule has 1 amide bonds. The molecule has 2 rings (SSSR count). The molecular formula is C11H14N2O4S. The molecule has 1 atom stereocenters. The van der Waals surface area contributed by atoms with Crippen LogP contribution in [0.4, 0.5) is 5.00 Å². The molecule has 0 bridgehead atoms. The van der Waals surface area contributed by atoms with Crippen molar-refractivity contribution in [3.05, 3.63) is 11.3 Å². The predicted octanol–water partition coefficient (Wildman–Crippen LogP) is 1.66. The van der Waals surface area contributed by atoms with E-state index in [1.807, 2.05) is 0 Å². The summed E-state index contributed by atoms with van der Waals surface area (Å²) >= 11 is 0.978. The van der Waals surface area contributed by atoms with Gasteiger partial charge in [0, 0.05) is 6.61 Å². The maximum atomic E-state index is 11.9. The molecule has 1 aromatic heterocycles. The Morgan fingerprint density at radius 3 is 2.89 bits per heavy atom. The molecule has 0 aliphatic carbocycles. The van der Waals surface area contributed by atoms with Crippen molar-refractivity contribution in [2.45, 2.75) is 32.3 Å². The van der Waals surface area contributed by atoms with Crippen LogP contribution < -0.4 is 5.32 Å². The van der Waals surface area contributed by atoms with Gasteiger partial charge in [0.2, 0.25) is 0 Å². The number of carboxylic acids is 1. The van der Waals surface area contributed by atoms with Gasteiger partial charge in [-0.05, 0) is 37.7 Å². The normalized spacial score (nSPS) is 19.5. The lowest BCUT2D eigenvalue weighted by Crippen LogP contribution is -2.33. The number of ether oxygens (including phenoxy) is 1. The third-order valence-corrected chi connectivity index (χ3v) is 3.64. The van der Waals surface area contributed by atoms with E-state index in [9.17, 15) is 9.59 Å². The summed E-state index contributed by atoms with van der Waals surface area (Å²) in [4.78, 5) is 22.9. The highest BCUT2D eigenvalue weighted by atomic mass is 32.1. The summed E-state index contributed by atoms with van der Waals surface area (Å²) in [7, 11) is 0. The molecule has 18 heavy (non-hydrogen) atoms. The smallest absolute Gasteiger partial charge is 0.340 e. The molecular weight excluding hydrogens is 256 g/mol. The van der Waals surface area contributed by atoms with E-state index < -0.39 is 12.1 Å². The number of aromatic nitrogens is 1. The second-order valence-electron chi connectivity index (χ2n) is 4.12. The summed E-state index contributed by atoms with van der Waals surface area (Å²) in [6.45, 7) is 2.18. The van der Waals surface area contributed by atoms with Gasteiger partial charge < -0.3 is 15.2 Å². The van der Waals surface area contributed by atoms with E-state index in [4.69, 9.17) is 9.84 Å². The number of hydrogen-bond donors (Lipinski definition) is 2. The van der Waals surface area contributed by atoms with Crippen LogP contribution in [0.25, 0.3) is 0 Å². The molecule has 1 unspecified atom stereocenters. The molecule has 1 saturated heterocycles. The van der Waals surface area contributed by atoms with Gasteiger partial charge in [-0.25, -0.2) is 4.79 Å². The Balaban J connectivity index is 2.09. The van der Waals surface area contributed by atoms with Crippen molar-refractivity contribution < 1.29 is 19.4 Å². The number of aromatic carboxylic acids is 1. The number of nitrogens with zero attached hydrogens (tertiary/aromatic N) is 1. The minimum atomic E-state index is -1.08. The Kier molecular flexibility index (Phi) is 3.93. The van der Waals surface area contributed by atoms with Crippen molar-refractivity contribution in [2.75, 3.05) is 11.9 Å². The summed E-state index contributed by atoms with van der Waals surface area (Å²) in [5.41, 5.74) is 0.469. The van der Waals surface area contributed by atoms with Gasteiger partial charge in [0.1, 0.15) is 16.7 Å². The Bertz CT molecular complexity index is 466. The van der Waals surface area contributed by atoms with Crippen LogP contribution in [0, 0.1) is 6.92 Å². The van der Waals surface area contributed by atoms with Crippen molar-refractivity contribution in [1.29, 1.82) is 0 Å². The zero-order chi connectivity index (χ0) is 13.1. The maximum Gasteiger partial charge on any atom is 0.340 e. The van der Waals surface area contributed by atoms with E-state index in [0.29, 0.717) is 18.7 Å². The lowest BCUT2D eigenvalue weighted by atomic mass is 10.1. The van der Waals surface area contributed by atoms with Gasteiger partial charge in [0.15, 0.2) is 0 Å². The van der Waals surface area contributed by atoms with Gasteiger partial charge in [0.05, 0.1) is 5.69 Å². The maximum absolute atomic E-state index is 11.9. The molecule has 2 heterocycles. The van der Waals surface area contributed by atoms with Crippen molar-refractivity contribution in [2.24, 2.45) is 0 Å². The van der Waals surface area contributed by atoms with Gasteiger partial charge in [-0.3, -0.25) is 4.79 Å². The monoisotopic (exact) mass is 270 g/mol. The third kappa shape index (κ3) is 2.68. The van der Waals surface area contributed by atoms with Gasteiger partial charge in [-0.2, -0.15) is 4.37 Å². The van der Waals surface area contributed by atoms with Crippen molar-refractivity contribution in [1.82, 2.24) is 4.37 Å². The highest BCUT2D eigenvalue weighted by Crippen LogP contribution is 2.25. The summed E-state index contributed by atoms with van der Waals surface area (Å²) in [5.74, 6) is -1.37. The van der Waals surface area contributed by atoms with Crippen molar-refractivity contribution >= 4 is 28.4 Å². The fourth-order valence-electron chi connectivity index (χ4n) is 1.85. The molecule has 0 saturated carbocycles. The molecule has 1 fully saturated rings. The Morgan fingerprint density at radius 2 is 2.28 bits per heavy atom. The minimum Gasteiger partial charge on any atom is -0.478 e. The average molecular weight is 270 g/mol. The number of hydrogen-bond acceptors (Lipinski definition) is 5. The minimum absolute atomic E-state index is 0.0594. The Labute approximate surface area is 108 Å². The fraction of sp³-hybridized carbons (Fsp3) is 0.545. The van der Waals surface area contributed by atoms with Crippen molar-refractivity contribution in [3.8, 4) is 0 Å². The zero-order valence-corrected chi connectivity index (χ0v) is 10.7. The zero-order valence-electron chi connectivity index (χ0n) is 9.93. The Morgan fingerprint density at radius 1 is 1.50 bits per heavy atom. The number of carbonyl (C=O) groups excluding carboxylic acids is 1. The number of carbonyl (C=O) groups is 2. The molecule has 0 radical (unpaired) electrons. The predicted molar refractivity (Wildman–Crippen MR) is 66.0 cm³/mol. The van der Waals surface area contributed by atoms with Crippen molar-refractivity contribution in [3.63, 3.8) is 0 Å². The fourth-order valence-corrected chi connectivity index (χ4v) is 2.64. The number of amides is 1. The van der Waals surface area contributed by atoms with E-state index in [1.165, 1.54) is 0 Å². The quantitative estimate of drug-likeness (QED) is 0.872. The van der Waals surface area contributed by atoms with E-state index in [1.54, 1.807) is 6.92 Å². The molecule has 1 aromatic rings. The first kappa shape index (κ1) is 13.0. The SMILES string of the molecule is Cc1nsc(NC(=O)C2CCCCO2)c1C(=O)O. The van der Waals surface area contributed by atoms with Crippen LogP contribution in [0.2, 0.25) is 0 Å². The Hall–Kier alpha value is -1.47. The lowest BCUT2D eigenvalue weighted by Gasteiger charge is -2.21. The van der Waals surface area contributed by atoms with Crippen LogP contribution in [0.3, 0.4) is 0 Å². The van der Waals surface area contributed by atoms with E-state index in [0.717, 1.165) is 24.4 Å². The molecule has 0 spiro atoms. The van der Waals surface area contributed by atoms with Crippen LogP contribution in [0.15, 0.2) is 0 Å². The number of aryl methyl sites for hydroxylation is 1. The molecule has 98 valence electrons. The van der Waals surface area contributed by atoms with Gasteiger partial charge in [-0.15, -0.1) is 0 Å². The van der Waals surface area contributed by atoms with Gasteiger partial charge in [-0.1, -0.05) is 0 Å². The summed E-state index contributed by atoms with van der Waals surface area (Å²) in [5, 5.41) is 11.9. The summed E-state index contributed by atoms with van der Waals surface area (Å²) in [6, 6.07) is 0. The molecule has 1 aliphatic heterocycles. The number of rotatable bonds is 3. The first-order valence-electron chi connectivity index (χ1n) is 5.71. The van der Waals surface area contributed by atoms with E-state index >= 15 is 0 Å². The molecule has 7 heteroatoms. The topological polar surface area (TPSA) is 88.5 Å². The number of carboxylic acid groups (broad SMARTS) is 1. The van der Waals surface area contributed by atoms with E-state index in [2.05, 4.69) is 9.69 Å². The van der Waals surface area contributed by atoms with Crippen LogP contribution >= 0.6 is 11.5 Å². The molecule has 1 aliphatic rings. The molecule has 0 aromatic carbocycles. The van der Waals surface area contributed by atoms with Crippen LogP contribution in [-0.2, 0) is 9.53 Å². The van der Waals surface area contributed by atoms with Crippen LogP contribution in [-0.4, -0.2) is 34.1 Å². The molecule has 2 N–H and O–H groups in total. The third-order valence-electron chi connectivity index (χ3n) is 2.79. The van der Waals surface area contributed by atoms with Crippen LogP contribution in [0.1, 0.15) is 35.3 Å². The van der Waals surface area contributed by atoms with Gasteiger partial charge in [0.25, 0.3) is 5.91 Å². The summed E-state index contributed by atoms with van der Waals surface area (Å²) in [6.07, 6.45) is 2.10. The van der Waals surface area contributed by atoms with Gasteiger partial charge >= 0.3 is 5.97 Å². The first-order chi connectivity index (χ1) is 8.59. The highest BCUT2D eigenvalue weighted by Gasteiger charge is 2.25. The average Bonchev–Trinajstić information content (AvgIpc) is 2.71. The summed E-state index contributed by atoms with van der Waals surface area (Å²) < 4.78 is 9.29. The number of nitrogens with one attached hydrogen (secondary N) is 1. The molecule has 6 nitrogen and oxygen atoms in total. The second kappa shape index (κ2) is 5.45. The highest BCUT2D eigenvalue weighted by molar-refractivity contribution is 7.11.